The van der Waals surface area contributed by atoms with E-state index in [-0.39, 0.29) is 10.9 Å². The Bertz CT molecular complexity index is 282. The molecule has 0 amide bonds. The molecule has 0 aliphatic rings. The van der Waals surface area contributed by atoms with Crippen molar-refractivity contribution < 1.29 is 13.5 Å². The third kappa shape index (κ3) is 2.27. The smallest absolute Gasteiger partial charge is 0.388 e. The van der Waals surface area contributed by atoms with Gasteiger partial charge in [0, 0.05) is 6.07 Å². The summed E-state index contributed by atoms with van der Waals surface area (Å²) in [6.07, 6.45) is 0. The maximum Gasteiger partial charge on any atom is 0.388 e. The molecule has 0 spiro atoms. The summed E-state index contributed by atoms with van der Waals surface area (Å²) in [5, 5.41) is 7.08. The minimum Gasteiger partial charge on any atom is -0.415 e. The van der Waals surface area contributed by atoms with Gasteiger partial charge in [-0.15, -0.1) is 5.10 Å². The highest BCUT2D eigenvalue weighted by atomic mass is 35.5. The lowest BCUT2D eigenvalue weighted by Crippen LogP contribution is -2.04. The molecule has 12 heavy (non-hydrogen) atoms. The third-order valence-electron chi connectivity index (χ3n) is 1.10. The quantitative estimate of drug-likeness (QED) is 0.723. The number of nitrogens with zero attached hydrogens (tertiary/aromatic N) is 2. The van der Waals surface area contributed by atoms with Crippen LogP contribution >= 0.6 is 11.6 Å². The van der Waals surface area contributed by atoms with Crippen molar-refractivity contribution in [3.8, 4) is 5.88 Å². The molecule has 0 aliphatic heterocycles. The standard InChI is InChI=1S/C6H5ClF2N2O/c1-3-4(7)2-5(11-10-3)12-6(8)9/h2,6H,1H3. The molecule has 0 bridgehead atoms. The number of alkyl halides is 2. The van der Waals surface area contributed by atoms with E-state index in [0.717, 1.165) is 0 Å². The van der Waals surface area contributed by atoms with Gasteiger partial charge in [-0.05, 0) is 6.92 Å². The van der Waals surface area contributed by atoms with E-state index < -0.39 is 6.61 Å². The molecule has 6 heteroatoms. The van der Waals surface area contributed by atoms with Crippen molar-refractivity contribution in [2.45, 2.75) is 13.5 Å². The zero-order valence-electron chi connectivity index (χ0n) is 6.09. The predicted octanol–water partition coefficient (Wildman–Crippen LogP) is 2.04. The van der Waals surface area contributed by atoms with Gasteiger partial charge in [-0.3, -0.25) is 0 Å². The Morgan fingerprint density at radius 1 is 1.50 bits per heavy atom. The number of ether oxygens (including phenoxy) is 1. The van der Waals surface area contributed by atoms with Crippen molar-refractivity contribution in [1.29, 1.82) is 0 Å². The SMILES string of the molecule is Cc1nnc(OC(F)F)cc1Cl. The van der Waals surface area contributed by atoms with Crippen LogP contribution in [0.25, 0.3) is 0 Å². The molecular weight excluding hydrogens is 190 g/mol. The molecule has 0 aromatic carbocycles. The highest BCUT2D eigenvalue weighted by Crippen LogP contribution is 2.17. The summed E-state index contributed by atoms with van der Waals surface area (Å²) in [5.41, 5.74) is 0.471. The third-order valence-corrected chi connectivity index (χ3v) is 1.49. The van der Waals surface area contributed by atoms with E-state index in [2.05, 4.69) is 14.9 Å². The van der Waals surface area contributed by atoms with Crippen molar-refractivity contribution in [1.82, 2.24) is 10.2 Å². The summed E-state index contributed by atoms with van der Waals surface area (Å²) in [6, 6.07) is 1.19. The van der Waals surface area contributed by atoms with Crippen molar-refractivity contribution >= 4 is 11.6 Å². The molecule has 0 unspecified atom stereocenters. The Morgan fingerprint density at radius 2 is 2.17 bits per heavy atom. The van der Waals surface area contributed by atoms with Gasteiger partial charge in [0.1, 0.15) is 0 Å². The Balaban J connectivity index is 2.82. The van der Waals surface area contributed by atoms with Crippen molar-refractivity contribution in [3.63, 3.8) is 0 Å². The summed E-state index contributed by atoms with van der Waals surface area (Å²) in [4.78, 5) is 0. The molecule has 0 saturated heterocycles. The van der Waals surface area contributed by atoms with Crippen LogP contribution in [-0.2, 0) is 0 Å². The molecule has 1 aromatic rings. The summed E-state index contributed by atoms with van der Waals surface area (Å²) in [6.45, 7) is -1.29. The van der Waals surface area contributed by atoms with Crippen LogP contribution in [0.2, 0.25) is 5.02 Å². The maximum atomic E-state index is 11.6. The first-order chi connectivity index (χ1) is 5.59. The Kier molecular flexibility index (Phi) is 2.75. The number of halogens is 3. The number of rotatable bonds is 2. The van der Waals surface area contributed by atoms with E-state index in [4.69, 9.17) is 11.6 Å². The molecule has 1 heterocycles. The number of hydrogen-bond acceptors (Lipinski definition) is 3. The van der Waals surface area contributed by atoms with Gasteiger partial charge in [0.2, 0.25) is 5.88 Å². The maximum absolute atomic E-state index is 11.6. The number of aromatic nitrogens is 2. The second-order valence-corrected chi connectivity index (χ2v) is 2.40. The average Bonchev–Trinajstić information content (AvgIpc) is 1.96. The minimum absolute atomic E-state index is 0.251. The molecular formula is C6H5ClF2N2O. The molecule has 0 aliphatic carbocycles. The molecule has 1 rings (SSSR count). The van der Waals surface area contributed by atoms with E-state index in [1.807, 2.05) is 0 Å². The monoisotopic (exact) mass is 194 g/mol. The van der Waals surface area contributed by atoms with Crippen LogP contribution < -0.4 is 4.74 Å². The van der Waals surface area contributed by atoms with E-state index in [0.29, 0.717) is 5.69 Å². The highest BCUT2D eigenvalue weighted by molar-refractivity contribution is 6.31. The fourth-order valence-corrected chi connectivity index (χ4v) is 0.694. The minimum atomic E-state index is -2.90. The first-order valence-electron chi connectivity index (χ1n) is 3.04. The van der Waals surface area contributed by atoms with Crippen LogP contribution in [0.15, 0.2) is 6.07 Å². The molecule has 0 fully saturated rings. The van der Waals surface area contributed by atoms with Crippen LogP contribution in [0.5, 0.6) is 5.88 Å². The second-order valence-electron chi connectivity index (χ2n) is 1.99. The van der Waals surface area contributed by atoms with Gasteiger partial charge in [-0.2, -0.15) is 13.9 Å². The molecule has 0 saturated carbocycles. The Hall–Kier alpha value is -0.970. The number of hydrogen-bond donors (Lipinski definition) is 0. The lowest BCUT2D eigenvalue weighted by atomic mass is 10.4. The summed E-state index contributed by atoms with van der Waals surface area (Å²) >= 11 is 5.57. The first-order valence-corrected chi connectivity index (χ1v) is 3.42. The van der Waals surface area contributed by atoms with Gasteiger partial charge < -0.3 is 4.74 Å². The van der Waals surface area contributed by atoms with Crippen molar-refractivity contribution in [2.75, 3.05) is 0 Å². The zero-order chi connectivity index (χ0) is 9.14. The van der Waals surface area contributed by atoms with Crippen LogP contribution in [0, 0.1) is 6.92 Å². The molecule has 0 radical (unpaired) electrons. The van der Waals surface area contributed by atoms with Gasteiger partial charge in [-0.25, -0.2) is 0 Å². The van der Waals surface area contributed by atoms with Gasteiger partial charge >= 0.3 is 6.61 Å². The van der Waals surface area contributed by atoms with Gasteiger partial charge in [-0.1, -0.05) is 11.6 Å². The Morgan fingerprint density at radius 3 is 2.67 bits per heavy atom. The molecule has 3 nitrogen and oxygen atoms in total. The predicted molar refractivity (Wildman–Crippen MR) is 38.4 cm³/mol. The molecule has 0 N–H and O–H groups in total. The van der Waals surface area contributed by atoms with Gasteiger partial charge in [0.05, 0.1) is 10.7 Å². The number of aryl methyl sites for hydroxylation is 1. The van der Waals surface area contributed by atoms with Crippen LogP contribution in [-0.4, -0.2) is 16.8 Å². The zero-order valence-corrected chi connectivity index (χ0v) is 6.85. The fraction of sp³-hybridized carbons (Fsp3) is 0.333. The van der Waals surface area contributed by atoms with E-state index in [1.54, 1.807) is 6.92 Å². The highest BCUT2D eigenvalue weighted by Gasteiger charge is 2.07. The van der Waals surface area contributed by atoms with Crippen molar-refractivity contribution in [3.05, 3.63) is 16.8 Å². The van der Waals surface area contributed by atoms with Crippen LogP contribution in [0.1, 0.15) is 5.69 Å². The van der Waals surface area contributed by atoms with Gasteiger partial charge in [0.25, 0.3) is 0 Å². The average molecular weight is 195 g/mol. The van der Waals surface area contributed by atoms with Crippen LogP contribution in [0.3, 0.4) is 0 Å². The molecule has 66 valence electrons. The lowest BCUT2D eigenvalue weighted by Gasteiger charge is -2.02. The van der Waals surface area contributed by atoms with Gasteiger partial charge in [0.15, 0.2) is 0 Å². The summed E-state index contributed by atoms with van der Waals surface area (Å²) in [7, 11) is 0. The lowest BCUT2D eigenvalue weighted by molar-refractivity contribution is -0.0534. The molecule has 1 aromatic heterocycles. The summed E-state index contributed by atoms with van der Waals surface area (Å²) in [5.74, 6) is -0.277. The fourth-order valence-electron chi connectivity index (χ4n) is 0.563. The topological polar surface area (TPSA) is 35.0 Å². The largest absolute Gasteiger partial charge is 0.415 e. The normalized spacial score (nSPS) is 10.4. The summed E-state index contributed by atoms with van der Waals surface area (Å²) < 4.78 is 27.2. The van der Waals surface area contributed by atoms with E-state index in [1.165, 1.54) is 6.07 Å². The molecule has 0 atom stereocenters. The Labute approximate surface area is 72.3 Å². The van der Waals surface area contributed by atoms with Crippen LogP contribution in [0.4, 0.5) is 8.78 Å². The van der Waals surface area contributed by atoms with E-state index >= 15 is 0 Å². The van der Waals surface area contributed by atoms with E-state index in [9.17, 15) is 8.78 Å². The van der Waals surface area contributed by atoms with Crippen molar-refractivity contribution in [2.24, 2.45) is 0 Å². The second kappa shape index (κ2) is 3.62. The first kappa shape index (κ1) is 9.12.